The van der Waals surface area contributed by atoms with Gasteiger partial charge in [-0.2, -0.15) is 0 Å². The lowest BCUT2D eigenvalue weighted by Gasteiger charge is -2.32. The van der Waals surface area contributed by atoms with Crippen molar-refractivity contribution in [1.82, 2.24) is 4.90 Å². The number of hydrogen-bond acceptors (Lipinski definition) is 6. The van der Waals surface area contributed by atoms with Crippen molar-refractivity contribution in [3.05, 3.63) is 39.9 Å². The van der Waals surface area contributed by atoms with Crippen molar-refractivity contribution in [2.75, 3.05) is 13.1 Å². The van der Waals surface area contributed by atoms with E-state index < -0.39 is 17.0 Å². The molecule has 1 aliphatic heterocycles. The number of carbonyl (C=O) groups excluding carboxylic acids is 2. The van der Waals surface area contributed by atoms with Gasteiger partial charge in [-0.15, -0.1) is 0 Å². The van der Waals surface area contributed by atoms with E-state index in [1.165, 1.54) is 29.2 Å². The maximum Gasteiger partial charge on any atom is 0.308 e. The Kier molecular flexibility index (Phi) is 5.05. The molecule has 1 aromatic rings. The maximum atomic E-state index is 11.6. The molecule has 0 aliphatic carbocycles. The van der Waals surface area contributed by atoms with Crippen LogP contribution in [0.1, 0.15) is 18.4 Å². The molecule has 1 fully saturated rings. The van der Waals surface area contributed by atoms with Crippen molar-refractivity contribution in [2.24, 2.45) is 0 Å². The van der Waals surface area contributed by atoms with Crippen LogP contribution in [0.2, 0.25) is 0 Å². The highest BCUT2D eigenvalue weighted by molar-refractivity contribution is 5.81. The van der Waals surface area contributed by atoms with Crippen molar-refractivity contribution in [3.8, 4) is 0 Å². The smallest absolute Gasteiger partial charge is 0.308 e. The lowest BCUT2D eigenvalue weighted by molar-refractivity contribution is -0.384. The van der Waals surface area contributed by atoms with Gasteiger partial charge in [0.05, 0.1) is 17.4 Å². The predicted octanol–water partition coefficient (Wildman–Crippen LogP) is 0.621. The summed E-state index contributed by atoms with van der Waals surface area (Å²) in [5.41, 5.74) is 0.580. The second-order valence-corrected chi connectivity index (χ2v) is 5.03. The van der Waals surface area contributed by atoms with Crippen LogP contribution < -0.4 is 0 Å². The van der Waals surface area contributed by atoms with Crippen LogP contribution in [0, 0.1) is 10.1 Å². The van der Waals surface area contributed by atoms with Gasteiger partial charge in [0.15, 0.2) is 0 Å². The van der Waals surface area contributed by atoms with E-state index in [-0.39, 0.29) is 31.2 Å². The second kappa shape index (κ2) is 6.99. The highest BCUT2D eigenvalue weighted by Gasteiger charge is 2.26. The van der Waals surface area contributed by atoms with E-state index in [4.69, 9.17) is 4.74 Å². The summed E-state index contributed by atoms with van der Waals surface area (Å²) in [5, 5.41) is 20.2. The summed E-state index contributed by atoms with van der Waals surface area (Å²) in [6.07, 6.45) is -0.665. The molecule has 1 unspecified atom stereocenters. The van der Waals surface area contributed by atoms with Crippen molar-refractivity contribution < 1.29 is 24.4 Å². The third kappa shape index (κ3) is 4.26. The summed E-state index contributed by atoms with van der Waals surface area (Å²) in [7, 11) is 0. The third-order valence-electron chi connectivity index (χ3n) is 3.33. The van der Waals surface area contributed by atoms with Gasteiger partial charge in [-0.25, -0.2) is 0 Å². The molecule has 0 radical (unpaired) electrons. The molecule has 1 heterocycles. The Morgan fingerprint density at radius 3 is 2.59 bits per heavy atom. The van der Waals surface area contributed by atoms with Gasteiger partial charge in [0.2, 0.25) is 5.91 Å². The number of hydrogen-bond donors (Lipinski definition) is 1. The fraction of sp³-hybridized carbons (Fsp3) is 0.429. The Morgan fingerprint density at radius 2 is 2.09 bits per heavy atom. The number of amides is 1. The number of rotatable bonds is 7. The van der Waals surface area contributed by atoms with Crippen molar-refractivity contribution in [1.29, 1.82) is 0 Å². The Balaban J connectivity index is 1.72. The first-order chi connectivity index (χ1) is 10.5. The van der Waals surface area contributed by atoms with Gasteiger partial charge >= 0.3 is 5.97 Å². The molecule has 1 aliphatic rings. The number of β-lactam (4-membered cyclic amide) rings is 1. The van der Waals surface area contributed by atoms with Crippen LogP contribution in [0.15, 0.2) is 24.3 Å². The Bertz CT molecular complexity index is 571. The normalized spacial score (nSPS) is 15.1. The number of non-ortho nitro benzene ring substituents is 1. The van der Waals surface area contributed by atoms with Gasteiger partial charge in [-0.3, -0.25) is 19.7 Å². The van der Waals surface area contributed by atoms with E-state index in [2.05, 4.69) is 0 Å². The van der Waals surface area contributed by atoms with Gasteiger partial charge in [0, 0.05) is 31.6 Å². The molecular formula is C14H16N2O6. The number of esters is 1. The van der Waals surface area contributed by atoms with Gasteiger partial charge in [0.1, 0.15) is 6.61 Å². The molecular weight excluding hydrogens is 292 g/mol. The van der Waals surface area contributed by atoms with E-state index in [0.717, 1.165) is 0 Å². The Morgan fingerprint density at radius 1 is 1.41 bits per heavy atom. The largest absolute Gasteiger partial charge is 0.461 e. The number of aliphatic hydroxyl groups is 1. The average molecular weight is 308 g/mol. The standard InChI is InChI=1S/C14H16N2O6/c17-12(8-15-6-5-13(15)18)7-14(19)22-9-10-1-3-11(4-2-10)16(20)21/h1-4,12,17H,5-9H2. The highest BCUT2D eigenvalue weighted by Crippen LogP contribution is 2.13. The number of β-amino-alcohol motifs (C(OH)–C–C–N with tert-alkyl or cyclic N) is 1. The molecule has 2 rings (SSSR count). The summed E-state index contributed by atoms with van der Waals surface area (Å²) in [5.74, 6) is -0.614. The molecule has 22 heavy (non-hydrogen) atoms. The van der Waals surface area contributed by atoms with Crippen LogP contribution in [-0.2, 0) is 20.9 Å². The number of nitro benzene ring substituents is 1. The van der Waals surface area contributed by atoms with Crippen LogP contribution in [0.3, 0.4) is 0 Å². The third-order valence-corrected chi connectivity index (χ3v) is 3.33. The van der Waals surface area contributed by atoms with Crippen molar-refractivity contribution in [3.63, 3.8) is 0 Å². The van der Waals surface area contributed by atoms with E-state index in [1.54, 1.807) is 0 Å². The molecule has 0 bridgehead atoms. The quantitative estimate of drug-likeness (QED) is 0.342. The van der Waals surface area contributed by atoms with Crippen LogP contribution in [0.25, 0.3) is 0 Å². The molecule has 1 atom stereocenters. The summed E-state index contributed by atoms with van der Waals surface area (Å²) >= 11 is 0. The Labute approximate surface area is 126 Å². The zero-order chi connectivity index (χ0) is 16.1. The number of likely N-dealkylation sites (tertiary alicyclic amines) is 1. The minimum Gasteiger partial charge on any atom is -0.461 e. The number of nitro groups is 1. The zero-order valence-corrected chi connectivity index (χ0v) is 11.8. The molecule has 1 N–H and O–H groups in total. The first-order valence-electron chi connectivity index (χ1n) is 6.80. The number of nitrogens with zero attached hydrogens (tertiary/aromatic N) is 2. The first-order valence-corrected chi connectivity index (χ1v) is 6.80. The number of ether oxygens (including phenoxy) is 1. The molecule has 0 spiro atoms. The van der Waals surface area contributed by atoms with Gasteiger partial charge in [-0.05, 0) is 17.7 Å². The fourth-order valence-corrected chi connectivity index (χ4v) is 2.00. The maximum absolute atomic E-state index is 11.6. The monoisotopic (exact) mass is 308 g/mol. The SMILES string of the molecule is O=C(CC(O)CN1CCC1=O)OCc1ccc([N+](=O)[O-])cc1. The lowest BCUT2D eigenvalue weighted by Crippen LogP contribution is -2.47. The fourth-order valence-electron chi connectivity index (χ4n) is 2.00. The number of carbonyl (C=O) groups is 2. The lowest BCUT2D eigenvalue weighted by atomic mass is 10.1. The van der Waals surface area contributed by atoms with Gasteiger partial charge < -0.3 is 14.7 Å². The van der Waals surface area contributed by atoms with Crippen molar-refractivity contribution in [2.45, 2.75) is 25.6 Å². The molecule has 8 heteroatoms. The molecule has 0 saturated carbocycles. The zero-order valence-electron chi connectivity index (χ0n) is 11.8. The molecule has 1 aromatic carbocycles. The Hall–Kier alpha value is -2.48. The van der Waals surface area contributed by atoms with Crippen LogP contribution >= 0.6 is 0 Å². The number of aliphatic hydroxyl groups excluding tert-OH is 1. The van der Waals surface area contributed by atoms with E-state index in [1.807, 2.05) is 0 Å². The second-order valence-electron chi connectivity index (χ2n) is 5.03. The summed E-state index contributed by atoms with van der Waals surface area (Å²) in [6.45, 7) is 0.714. The summed E-state index contributed by atoms with van der Waals surface area (Å²) in [6, 6.07) is 5.65. The number of benzene rings is 1. The van der Waals surface area contributed by atoms with Crippen LogP contribution in [-0.4, -0.2) is 46.0 Å². The average Bonchev–Trinajstić information content (AvgIpc) is 2.49. The molecule has 118 valence electrons. The topological polar surface area (TPSA) is 110 Å². The van der Waals surface area contributed by atoms with Gasteiger partial charge in [-0.1, -0.05) is 0 Å². The molecule has 1 amide bonds. The summed E-state index contributed by atoms with van der Waals surface area (Å²) in [4.78, 5) is 34.1. The minimum absolute atomic E-state index is 0.0216. The van der Waals surface area contributed by atoms with Crippen molar-refractivity contribution >= 4 is 17.6 Å². The van der Waals surface area contributed by atoms with E-state index in [9.17, 15) is 24.8 Å². The first kappa shape index (κ1) is 15.9. The highest BCUT2D eigenvalue weighted by atomic mass is 16.6. The van der Waals surface area contributed by atoms with Gasteiger partial charge in [0.25, 0.3) is 5.69 Å². The minimum atomic E-state index is -0.950. The molecule has 0 aromatic heterocycles. The molecule has 1 saturated heterocycles. The van der Waals surface area contributed by atoms with E-state index >= 15 is 0 Å². The predicted molar refractivity (Wildman–Crippen MR) is 74.7 cm³/mol. The van der Waals surface area contributed by atoms with Crippen LogP contribution in [0.5, 0.6) is 0 Å². The van der Waals surface area contributed by atoms with Crippen LogP contribution in [0.4, 0.5) is 5.69 Å². The summed E-state index contributed by atoms with van der Waals surface area (Å²) < 4.78 is 4.99. The van der Waals surface area contributed by atoms with E-state index in [0.29, 0.717) is 18.5 Å². The molecule has 8 nitrogen and oxygen atoms in total.